The Morgan fingerprint density at radius 1 is 1.00 bits per heavy atom. The lowest BCUT2D eigenvalue weighted by molar-refractivity contribution is -0.162. The molecule has 180 valence electrons. The van der Waals surface area contributed by atoms with Crippen LogP contribution in [0.3, 0.4) is 0 Å². The van der Waals surface area contributed by atoms with Gasteiger partial charge in [-0.3, -0.25) is 9.63 Å². The molecule has 34 heavy (non-hydrogen) atoms. The molecule has 2 aromatic carbocycles. The van der Waals surface area contributed by atoms with E-state index in [1.807, 2.05) is 38.1 Å². The first-order valence-corrected chi connectivity index (χ1v) is 11.6. The van der Waals surface area contributed by atoms with Gasteiger partial charge in [0.1, 0.15) is 6.61 Å². The second-order valence-electron chi connectivity index (χ2n) is 9.26. The summed E-state index contributed by atoms with van der Waals surface area (Å²) >= 11 is 0. The van der Waals surface area contributed by atoms with Gasteiger partial charge in [-0.2, -0.15) is 0 Å². The minimum atomic E-state index is -1.10. The number of hydrogen-bond donors (Lipinski definition) is 3. The predicted octanol–water partition coefficient (Wildman–Crippen LogP) is 3.85. The molecule has 2 amide bonds. The number of hydroxylamine groups is 1. The van der Waals surface area contributed by atoms with Crippen molar-refractivity contribution in [2.75, 3.05) is 6.61 Å². The van der Waals surface area contributed by atoms with E-state index in [0.29, 0.717) is 0 Å². The third-order valence-corrected chi connectivity index (χ3v) is 6.45. The van der Waals surface area contributed by atoms with E-state index < -0.39 is 30.1 Å². The van der Waals surface area contributed by atoms with Crippen LogP contribution in [0.25, 0.3) is 11.1 Å². The van der Waals surface area contributed by atoms with E-state index in [0.717, 1.165) is 35.1 Å². The lowest BCUT2D eigenvalue weighted by atomic mass is 9.98. The quantitative estimate of drug-likeness (QED) is 0.458. The largest absolute Gasteiger partial charge is 0.479 e. The lowest BCUT2D eigenvalue weighted by Gasteiger charge is -2.23. The van der Waals surface area contributed by atoms with Crippen LogP contribution in [0, 0.1) is 11.8 Å². The Bertz CT molecular complexity index is 1020. The molecule has 8 nitrogen and oxygen atoms in total. The van der Waals surface area contributed by atoms with E-state index in [2.05, 4.69) is 35.1 Å². The number of alkyl carbamates (subject to hydrolysis) is 1. The van der Waals surface area contributed by atoms with Crippen molar-refractivity contribution in [1.82, 2.24) is 10.8 Å². The monoisotopic (exact) mass is 466 g/mol. The van der Waals surface area contributed by atoms with Gasteiger partial charge in [-0.25, -0.2) is 15.1 Å². The zero-order valence-corrected chi connectivity index (χ0v) is 19.3. The maximum absolute atomic E-state index is 12.6. The SMILES string of the molecule is CC(C)[C@@H](CC(=O)NOC(C(=O)O)C1CC1)NC(=O)OCC1c2ccccc2-c2ccccc21. The van der Waals surface area contributed by atoms with Crippen molar-refractivity contribution in [1.29, 1.82) is 0 Å². The summed E-state index contributed by atoms with van der Waals surface area (Å²) in [4.78, 5) is 41.3. The molecule has 2 aliphatic rings. The average molecular weight is 467 g/mol. The summed E-state index contributed by atoms with van der Waals surface area (Å²) in [6.07, 6.45) is -0.165. The molecule has 0 spiro atoms. The number of carbonyl (C=O) groups is 3. The molecule has 0 radical (unpaired) electrons. The first-order chi connectivity index (χ1) is 16.3. The maximum Gasteiger partial charge on any atom is 0.407 e. The van der Waals surface area contributed by atoms with Crippen LogP contribution in [0.15, 0.2) is 48.5 Å². The Kier molecular flexibility index (Phi) is 7.17. The van der Waals surface area contributed by atoms with Gasteiger partial charge in [0.05, 0.1) is 0 Å². The normalized spacial score (nSPS) is 16.3. The van der Waals surface area contributed by atoms with Gasteiger partial charge >= 0.3 is 12.1 Å². The number of fused-ring (bicyclic) bond motifs is 3. The molecular formula is C26H30N2O6. The number of ether oxygens (including phenoxy) is 1. The van der Waals surface area contributed by atoms with Crippen molar-refractivity contribution in [3.8, 4) is 11.1 Å². The highest BCUT2D eigenvalue weighted by atomic mass is 16.7. The lowest BCUT2D eigenvalue weighted by Crippen LogP contribution is -2.44. The number of carbonyl (C=O) groups excluding carboxylic acids is 2. The Labute approximate surface area is 198 Å². The number of carboxylic acid groups (broad SMARTS) is 1. The fourth-order valence-corrected chi connectivity index (χ4v) is 4.36. The second kappa shape index (κ2) is 10.3. The number of rotatable bonds is 10. The molecule has 1 unspecified atom stereocenters. The number of carboxylic acids is 1. The molecule has 4 rings (SSSR count). The molecule has 8 heteroatoms. The van der Waals surface area contributed by atoms with Gasteiger partial charge in [0.25, 0.3) is 0 Å². The van der Waals surface area contributed by atoms with Crippen molar-refractivity contribution in [2.45, 2.75) is 51.2 Å². The van der Waals surface area contributed by atoms with Gasteiger partial charge in [-0.1, -0.05) is 62.4 Å². The van der Waals surface area contributed by atoms with Crippen LogP contribution in [0.4, 0.5) is 4.79 Å². The third kappa shape index (κ3) is 5.39. The van der Waals surface area contributed by atoms with Gasteiger partial charge < -0.3 is 15.2 Å². The summed E-state index contributed by atoms with van der Waals surface area (Å²) in [5.41, 5.74) is 6.77. The van der Waals surface area contributed by atoms with E-state index in [9.17, 15) is 19.5 Å². The summed E-state index contributed by atoms with van der Waals surface area (Å²) in [6, 6.07) is 15.7. The van der Waals surface area contributed by atoms with E-state index in [1.54, 1.807) is 0 Å². The molecule has 2 aromatic rings. The van der Waals surface area contributed by atoms with E-state index in [4.69, 9.17) is 9.57 Å². The summed E-state index contributed by atoms with van der Waals surface area (Å²) in [5.74, 6) is -1.77. The smallest absolute Gasteiger partial charge is 0.407 e. The minimum absolute atomic E-state index is 0.0510. The molecule has 0 heterocycles. The Hall–Kier alpha value is -3.39. The predicted molar refractivity (Wildman–Crippen MR) is 125 cm³/mol. The number of benzene rings is 2. The highest BCUT2D eigenvalue weighted by Crippen LogP contribution is 2.44. The zero-order valence-electron chi connectivity index (χ0n) is 19.3. The Morgan fingerprint density at radius 3 is 2.12 bits per heavy atom. The molecule has 0 saturated heterocycles. The fourth-order valence-electron chi connectivity index (χ4n) is 4.36. The van der Waals surface area contributed by atoms with Crippen LogP contribution in [0.1, 0.15) is 50.2 Å². The van der Waals surface area contributed by atoms with Crippen molar-refractivity contribution in [3.05, 3.63) is 59.7 Å². The maximum atomic E-state index is 12.6. The van der Waals surface area contributed by atoms with Gasteiger partial charge in [0, 0.05) is 18.4 Å². The number of aliphatic carboxylic acids is 1. The zero-order chi connectivity index (χ0) is 24.2. The van der Waals surface area contributed by atoms with Crippen LogP contribution in [0.2, 0.25) is 0 Å². The van der Waals surface area contributed by atoms with Crippen molar-refractivity contribution in [2.24, 2.45) is 11.8 Å². The molecule has 1 fully saturated rings. The number of amides is 2. The average Bonchev–Trinajstić information content (AvgIpc) is 3.59. The minimum Gasteiger partial charge on any atom is -0.479 e. The molecule has 3 N–H and O–H groups in total. The summed E-state index contributed by atoms with van der Waals surface area (Å²) in [6.45, 7) is 3.95. The van der Waals surface area contributed by atoms with Gasteiger partial charge in [0.15, 0.2) is 6.10 Å². The molecule has 2 aliphatic carbocycles. The molecular weight excluding hydrogens is 436 g/mol. The van der Waals surface area contributed by atoms with E-state index >= 15 is 0 Å². The van der Waals surface area contributed by atoms with Crippen molar-refractivity contribution in [3.63, 3.8) is 0 Å². The summed E-state index contributed by atoms with van der Waals surface area (Å²) < 4.78 is 5.58. The van der Waals surface area contributed by atoms with Crippen molar-refractivity contribution < 1.29 is 29.1 Å². The summed E-state index contributed by atoms with van der Waals surface area (Å²) in [5, 5.41) is 12.0. The van der Waals surface area contributed by atoms with Crippen LogP contribution in [0.5, 0.6) is 0 Å². The van der Waals surface area contributed by atoms with Crippen LogP contribution in [-0.4, -0.2) is 41.8 Å². The standard InChI is InChI=1S/C26H30N2O6/c1-15(2)22(13-23(29)28-34-24(25(30)31)16-11-12-16)27-26(32)33-14-21-19-9-5-3-7-17(19)18-8-4-6-10-20(18)21/h3-10,15-16,21-22,24H,11-14H2,1-2H3,(H,27,32)(H,28,29)(H,30,31)/t22-,24?/m1/s1. The van der Waals surface area contributed by atoms with Gasteiger partial charge in [0.2, 0.25) is 5.91 Å². The Balaban J connectivity index is 1.31. The van der Waals surface area contributed by atoms with Crippen LogP contribution < -0.4 is 10.8 Å². The van der Waals surface area contributed by atoms with Gasteiger partial charge in [-0.05, 0) is 46.9 Å². The molecule has 0 bridgehead atoms. The fraction of sp³-hybridized carbons (Fsp3) is 0.423. The number of hydrogen-bond acceptors (Lipinski definition) is 5. The first kappa shape index (κ1) is 23.8. The second-order valence-corrected chi connectivity index (χ2v) is 9.26. The first-order valence-electron chi connectivity index (χ1n) is 11.6. The molecule has 0 aromatic heterocycles. The highest BCUT2D eigenvalue weighted by molar-refractivity contribution is 5.79. The highest BCUT2D eigenvalue weighted by Gasteiger charge is 2.38. The van der Waals surface area contributed by atoms with Gasteiger partial charge in [-0.15, -0.1) is 0 Å². The van der Waals surface area contributed by atoms with Crippen LogP contribution in [-0.2, 0) is 19.2 Å². The topological polar surface area (TPSA) is 114 Å². The van der Waals surface area contributed by atoms with Crippen molar-refractivity contribution >= 4 is 18.0 Å². The number of nitrogens with one attached hydrogen (secondary N) is 2. The third-order valence-electron chi connectivity index (χ3n) is 6.45. The molecule has 0 aliphatic heterocycles. The van der Waals surface area contributed by atoms with E-state index in [1.165, 1.54) is 0 Å². The molecule has 1 saturated carbocycles. The van der Waals surface area contributed by atoms with Crippen LogP contribution >= 0.6 is 0 Å². The molecule has 2 atom stereocenters. The Morgan fingerprint density at radius 2 is 1.59 bits per heavy atom. The van der Waals surface area contributed by atoms with E-state index in [-0.39, 0.29) is 30.8 Å². The summed E-state index contributed by atoms with van der Waals surface area (Å²) in [7, 11) is 0.